The Balaban J connectivity index is 2.98. The van der Waals surface area contributed by atoms with Crippen LogP contribution in [0.1, 0.15) is 5.69 Å². The van der Waals surface area contributed by atoms with Gasteiger partial charge >= 0.3 is 0 Å². The third kappa shape index (κ3) is 1.97. The molecule has 1 aromatic heterocycles. The van der Waals surface area contributed by atoms with E-state index in [9.17, 15) is 4.39 Å². The van der Waals surface area contributed by atoms with Crippen molar-refractivity contribution in [2.45, 2.75) is 0 Å². The maximum atomic E-state index is 13.3. The molecule has 0 unspecified atom stereocenters. The fraction of sp³-hybridized carbons (Fsp3) is 0. The van der Waals surface area contributed by atoms with E-state index in [0.717, 1.165) is 9.86 Å². The van der Waals surface area contributed by atoms with Crippen molar-refractivity contribution >= 4 is 59.8 Å². The summed E-state index contributed by atoms with van der Waals surface area (Å²) in [5.41, 5.74) is 5.97. The summed E-state index contributed by atoms with van der Waals surface area (Å²) in [6, 6.07) is 2.75. The first kappa shape index (κ1) is 11.9. The summed E-state index contributed by atoms with van der Waals surface area (Å²) in [7, 11) is 0. The second-order valence-electron chi connectivity index (χ2n) is 3.13. The first-order valence-electron chi connectivity index (χ1n) is 4.23. The van der Waals surface area contributed by atoms with E-state index in [2.05, 4.69) is 36.8 Å². The van der Waals surface area contributed by atoms with Gasteiger partial charge in [-0.3, -0.25) is 4.98 Å². The molecule has 1 heterocycles. The summed E-state index contributed by atoms with van der Waals surface area (Å²) in [4.78, 5) is 4.24. The second kappa shape index (κ2) is 4.35. The van der Waals surface area contributed by atoms with Gasteiger partial charge in [-0.05, 0) is 28.1 Å². The topological polar surface area (TPSA) is 38.9 Å². The van der Waals surface area contributed by atoms with Crippen LogP contribution in [-0.2, 0) is 0 Å². The molecule has 0 aliphatic carbocycles. The van der Waals surface area contributed by atoms with E-state index in [1.165, 1.54) is 12.1 Å². The molecule has 0 aliphatic heterocycles. The number of fused-ring (bicyclic) bond motifs is 1. The summed E-state index contributed by atoms with van der Waals surface area (Å²) in [6.07, 6.45) is 1.60. The molecular weight excluding hydrogens is 359 g/mol. The summed E-state index contributed by atoms with van der Waals surface area (Å²) in [6.45, 7) is 0. The lowest BCUT2D eigenvalue weighted by molar-refractivity contribution is 0.629. The van der Waals surface area contributed by atoms with Gasteiger partial charge in [0.2, 0.25) is 0 Å². The number of nitrogens with zero attached hydrogens (tertiary/aromatic N) is 1. The normalized spacial score (nSPS) is 10.7. The van der Waals surface area contributed by atoms with Gasteiger partial charge in [0.15, 0.2) is 0 Å². The Labute approximate surface area is 113 Å². The van der Waals surface area contributed by atoms with E-state index in [4.69, 9.17) is 18.0 Å². The summed E-state index contributed by atoms with van der Waals surface area (Å²) in [5.74, 6) is -0.364. The van der Waals surface area contributed by atoms with E-state index in [1.807, 2.05) is 0 Å². The lowest BCUT2D eigenvalue weighted by atomic mass is 10.1. The van der Waals surface area contributed by atoms with Crippen molar-refractivity contribution in [3.05, 3.63) is 38.8 Å². The molecule has 0 radical (unpaired) electrons. The summed E-state index contributed by atoms with van der Waals surface area (Å²) >= 11 is 11.5. The molecule has 6 heteroatoms. The maximum absolute atomic E-state index is 13.3. The van der Waals surface area contributed by atoms with Crippen LogP contribution in [0.5, 0.6) is 0 Å². The van der Waals surface area contributed by atoms with Gasteiger partial charge in [-0.25, -0.2) is 4.39 Å². The Morgan fingerprint density at radius 1 is 1.31 bits per heavy atom. The predicted octanol–water partition coefficient (Wildman–Crippen LogP) is 3.53. The molecule has 0 fully saturated rings. The minimum absolute atomic E-state index is 0.148. The van der Waals surface area contributed by atoms with Crippen molar-refractivity contribution in [1.82, 2.24) is 4.98 Å². The molecule has 0 spiro atoms. The van der Waals surface area contributed by atoms with Crippen LogP contribution in [0, 0.1) is 5.82 Å². The predicted molar refractivity (Wildman–Crippen MR) is 73.0 cm³/mol. The molecule has 1 aromatic carbocycles. The highest BCUT2D eigenvalue weighted by molar-refractivity contribution is 9.11. The van der Waals surface area contributed by atoms with Gasteiger partial charge in [0.1, 0.15) is 16.5 Å². The molecule has 0 aliphatic rings. The van der Waals surface area contributed by atoms with E-state index < -0.39 is 0 Å². The van der Waals surface area contributed by atoms with Crippen molar-refractivity contribution in [2.75, 3.05) is 0 Å². The molecule has 0 atom stereocenters. The molecule has 2 N–H and O–H groups in total. The minimum Gasteiger partial charge on any atom is -0.388 e. The number of hydrogen-bond donors (Lipinski definition) is 1. The Kier molecular flexibility index (Phi) is 3.23. The highest BCUT2D eigenvalue weighted by atomic mass is 79.9. The average molecular weight is 364 g/mol. The number of benzene rings is 1. The van der Waals surface area contributed by atoms with Crippen molar-refractivity contribution in [3.63, 3.8) is 0 Å². The van der Waals surface area contributed by atoms with E-state index >= 15 is 0 Å². The van der Waals surface area contributed by atoms with Gasteiger partial charge in [0.05, 0.1) is 0 Å². The van der Waals surface area contributed by atoms with E-state index in [0.29, 0.717) is 15.6 Å². The van der Waals surface area contributed by atoms with Crippen LogP contribution >= 0.6 is 44.1 Å². The Morgan fingerprint density at radius 2 is 2.00 bits per heavy atom. The van der Waals surface area contributed by atoms with Gasteiger partial charge in [-0.1, -0.05) is 28.1 Å². The zero-order chi connectivity index (χ0) is 11.9. The van der Waals surface area contributed by atoms with Crippen molar-refractivity contribution in [2.24, 2.45) is 5.73 Å². The zero-order valence-corrected chi connectivity index (χ0v) is 11.8. The van der Waals surface area contributed by atoms with Crippen LogP contribution < -0.4 is 5.73 Å². The van der Waals surface area contributed by atoms with Crippen LogP contribution in [0.2, 0.25) is 0 Å². The molecule has 16 heavy (non-hydrogen) atoms. The van der Waals surface area contributed by atoms with Gasteiger partial charge in [0.25, 0.3) is 0 Å². The smallest absolute Gasteiger partial charge is 0.125 e. The quantitative estimate of drug-likeness (QED) is 0.787. The van der Waals surface area contributed by atoms with Crippen molar-refractivity contribution in [1.29, 1.82) is 0 Å². The second-order valence-corrected chi connectivity index (χ2v) is 5.28. The minimum atomic E-state index is -0.364. The van der Waals surface area contributed by atoms with Crippen LogP contribution in [0.4, 0.5) is 4.39 Å². The average Bonchev–Trinajstić information content (AvgIpc) is 2.15. The van der Waals surface area contributed by atoms with Crippen LogP contribution in [0.25, 0.3) is 10.8 Å². The first-order valence-corrected chi connectivity index (χ1v) is 6.23. The fourth-order valence-electron chi connectivity index (χ4n) is 1.45. The molecule has 0 saturated carbocycles. The number of nitrogens with two attached hydrogens (primary N) is 1. The summed E-state index contributed by atoms with van der Waals surface area (Å²) in [5, 5.41) is 1.40. The standard InChI is InChI=1S/C10H5Br2FN2S/c11-6-2-4(13)1-5-8(6)7(12)3-15-9(5)10(14)16/h1-3H,(H2,14,16). The number of halogens is 3. The highest BCUT2D eigenvalue weighted by Crippen LogP contribution is 2.32. The summed E-state index contributed by atoms with van der Waals surface area (Å²) < 4.78 is 14.7. The molecule has 0 amide bonds. The molecule has 0 saturated heterocycles. The number of rotatable bonds is 1. The number of aromatic nitrogens is 1. The lowest BCUT2D eigenvalue weighted by Crippen LogP contribution is -2.12. The molecule has 0 bridgehead atoms. The molecule has 2 aromatic rings. The number of thiocarbonyl (C=S) groups is 1. The van der Waals surface area contributed by atoms with Crippen molar-refractivity contribution < 1.29 is 4.39 Å². The maximum Gasteiger partial charge on any atom is 0.125 e. The van der Waals surface area contributed by atoms with E-state index in [-0.39, 0.29) is 10.8 Å². The molecular formula is C10H5Br2FN2S. The Morgan fingerprint density at radius 3 is 2.62 bits per heavy atom. The molecule has 2 rings (SSSR count). The first-order chi connectivity index (χ1) is 7.50. The van der Waals surface area contributed by atoms with Crippen molar-refractivity contribution in [3.8, 4) is 0 Å². The van der Waals surface area contributed by atoms with Crippen LogP contribution in [0.15, 0.2) is 27.3 Å². The molecule has 2 nitrogen and oxygen atoms in total. The van der Waals surface area contributed by atoms with Gasteiger partial charge in [0, 0.05) is 25.9 Å². The van der Waals surface area contributed by atoms with Crippen LogP contribution in [-0.4, -0.2) is 9.97 Å². The largest absolute Gasteiger partial charge is 0.388 e. The monoisotopic (exact) mass is 362 g/mol. The third-order valence-corrected chi connectivity index (χ3v) is 3.51. The zero-order valence-electron chi connectivity index (χ0n) is 7.80. The fourth-order valence-corrected chi connectivity index (χ4v) is 3.06. The lowest BCUT2D eigenvalue weighted by Gasteiger charge is -2.07. The van der Waals surface area contributed by atoms with Gasteiger partial charge in [-0.15, -0.1) is 0 Å². The Hall–Kier alpha value is -0.590. The third-order valence-electron chi connectivity index (χ3n) is 2.09. The number of hydrogen-bond acceptors (Lipinski definition) is 2. The van der Waals surface area contributed by atoms with Gasteiger partial charge in [-0.2, -0.15) is 0 Å². The van der Waals surface area contributed by atoms with Crippen LogP contribution in [0.3, 0.4) is 0 Å². The van der Waals surface area contributed by atoms with Gasteiger partial charge < -0.3 is 5.73 Å². The Bertz CT molecular complexity index is 601. The number of pyridine rings is 1. The SMILES string of the molecule is NC(=S)c1ncc(Br)c2c(Br)cc(F)cc12. The highest BCUT2D eigenvalue weighted by Gasteiger charge is 2.12. The van der Waals surface area contributed by atoms with E-state index in [1.54, 1.807) is 6.20 Å². The molecule has 82 valence electrons.